The van der Waals surface area contributed by atoms with Gasteiger partial charge < -0.3 is 19.5 Å². The lowest BCUT2D eigenvalue weighted by Crippen LogP contribution is -2.51. The van der Waals surface area contributed by atoms with Gasteiger partial charge in [-0.05, 0) is 42.3 Å². The average Bonchev–Trinajstić information content (AvgIpc) is 2.77. The molecule has 2 aromatic carbocycles. The van der Waals surface area contributed by atoms with Crippen LogP contribution in [0, 0.1) is 11.6 Å². The van der Waals surface area contributed by atoms with Gasteiger partial charge in [-0.2, -0.15) is 0 Å². The summed E-state index contributed by atoms with van der Waals surface area (Å²) in [5.74, 6) is -0.716. The van der Waals surface area contributed by atoms with E-state index in [4.69, 9.17) is 9.47 Å². The van der Waals surface area contributed by atoms with Crippen molar-refractivity contribution in [3.05, 3.63) is 71.3 Å². The molecule has 1 saturated heterocycles. The van der Waals surface area contributed by atoms with Gasteiger partial charge in [0.05, 0.1) is 19.3 Å². The molecule has 0 aliphatic carbocycles. The van der Waals surface area contributed by atoms with E-state index in [1.54, 1.807) is 36.1 Å². The fourth-order valence-corrected chi connectivity index (χ4v) is 3.55. The van der Waals surface area contributed by atoms with Gasteiger partial charge in [0.2, 0.25) is 0 Å². The molecule has 0 saturated carbocycles. The Hall–Kier alpha value is -2.55. The zero-order valence-corrected chi connectivity index (χ0v) is 17.5. The van der Waals surface area contributed by atoms with Crippen molar-refractivity contribution in [2.75, 3.05) is 45.9 Å². The van der Waals surface area contributed by atoms with Gasteiger partial charge in [-0.3, -0.25) is 4.90 Å². The molecule has 0 radical (unpaired) electrons. The van der Waals surface area contributed by atoms with Crippen LogP contribution in [-0.2, 0) is 9.47 Å². The van der Waals surface area contributed by atoms with Crippen molar-refractivity contribution in [2.45, 2.75) is 19.1 Å². The molecule has 0 aromatic heterocycles. The average molecular weight is 434 g/mol. The highest BCUT2D eigenvalue weighted by atomic mass is 19.1. The van der Waals surface area contributed by atoms with E-state index >= 15 is 0 Å². The number of piperazine rings is 1. The number of carbonyl (C=O) groups is 1. The molecule has 6 nitrogen and oxygen atoms in total. The van der Waals surface area contributed by atoms with Gasteiger partial charge in [-0.1, -0.05) is 24.3 Å². The summed E-state index contributed by atoms with van der Waals surface area (Å²) in [7, 11) is 0. The Morgan fingerprint density at radius 1 is 0.968 bits per heavy atom. The zero-order chi connectivity index (χ0) is 22.2. The standard InChI is InChI=1S/C23H28F2N2O4/c1-2-30-23(29)27-13-11-26(12-14-27)15-21(28)16-31-22(17-3-7-19(24)8-4-17)18-5-9-20(25)10-6-18/h3-10,21-22,28H,2,11-16H2,1H3. The first kappa shape index (κ1) is 23.1. The van der Waals surface area contributed by atoms with Crippen LogP contribution in [0.1, 0.15) is 24.2 Å². The summed E-state index contributed by atoms with van der Waals surface area (Å²) in [5.41, 5.74) is 1.42. The SMILES string of the molecule is CCOC(=O)N1CCN(CC(O)COC(c2ccc(F)cc2)c2ccc(F)cc2)CC1. The third kappa shape index (κ3) is 6.72. The van der Waals surface area contributed by atoms with Gasteiger partial charge in [0.1, 0.15) is 17.7 Å². The Labute approximate surface area is 181 Å². The number of aliphatic hydroxyl groups is 1. The van der Waals surface area contributed by atoms with Gasteiger partial charge in [0, 0.05) is 32.7 Å². The number of ether oxygens (including phenoxy) is 2. The second-order valence-corrected chi connectivity index (χ2v) is 7.46. The molecule has 0 spiro atoms. The smallest absolute Gasteiger partial charge is 0.409 e. The second-order valence-electron chi connectivity index (χ2n) is 7.46. The number of hydrogen-bond acceptors (Lipinski definition) is 5. The molecule has 1 amide bonds. The molecule has 31 heavy (non-hydrogen) atoms. The van der Waals surface area contributed by atoms with Crippen LogP contribution in [0.15, 0.2) is 48.5 Å². The number of halogens is 2. The minimum atomic E-state index is -0.752. The molecule has 1 heterocycles. The molecule has 3 rings (SSSR count). The van der Waals surface area contributed by atoms with Crippen LogP contribution in [0.5, 0.6) is 0 Å². The van der Waals surface area contributed by atoms with Crippen molar-refractivity contribution in [1.29, 1.82) is 0 Å². The first-order valence-corrected chi connectivity index (χ1v) is 10.4. The lowest BCUT2D eigenvalue weighted by molar-refractivity contribution is -0.0143. The number of rotatable bonds is 8. The Kier molecular flexibility index (Phi) is 8.34. The van der Waals surface area contributed by atoms with E-state index in [2.05, 4.69) is 4.90 Å². The van der Waals surface area contributed by atoms with Crippen LogP contribution < -0.4 is 0 Å². The summed E-state index contributed by atoms with van der Waals surface area (Å²) >= 11 is 0. The van der Waals surface area contributed by atoms with E-state index in [0.29, 0.717) is 50.5 Å². The number of benzene rings is 2. The molecular formula is C23H28F2N2O4. The topological polar surface area (TPSA) is 62.2 Å². The Bertz CT molecular complexity index is 779. The number of hydrogen-bond donors (Lipinski definition) is 1. The monoisotopic (exact) mass is 434 g/mol. The fourth-order valence-electron chi connectivity index (χ4n) is 3.55. The zero-order valence-electron chi connectivity index (χ0n) is 17.5. The maximum Gasteiger partial charge on any atom is 0.409 e. The van der Waals surface area contributed by atoms with Crippen molar-refractivity contribution in [1.82, 2.24) is 9.80 Å². The van der Waals surface area contributed by atoms with Crippen molar-refractivity contribution in [3.8, 4) is 0 Å². The highest BCUT2D eigenvalue weighted by Gasteiger charge is 2.24. The van der Waals surface area contributed by atoms with Gasteiger partial charge in [0.25, 0.3) is 0 Å². The van der Waals surface area contributed by atoms with Crippen LogP contribution in [0.4, 0.5) is 13.6 Å². The highest BCUT2D eigenvalue weighted by molar-refractivity contribution is 5.67. The Morgan fingerprint density at radius 3 is 1.97 bits per heavy atom. The van der Waals surface area contributed by atoms with Crippen LogP contribution in [0.25, 0.3) is 0 Å². The molecule has 1 atom stereocenters. The summed E-state index contributed by atoms with van der Waals surface area (Å²) in [5, 5.41) is 10.5. The van der Waals surface area contributed by atoms with Gasteiger partial charge in [-0.15, -0.1) is 0 Å². The van der Waals surface area contributed by atoms with E-state index in [-0.39, 0.29) is 24.3 Å². The molecule has 168 valence electrons. The van der Waals surface area contributed by atoms with E-state index in [9.17, 15) is 18.7 Å². The third-order valence-electron chi connectivity index (χ3n) is 5.17. The minimum absolute atomic E-state index is 0.0531. The number of nitrogens with zero attached hydrogens (tertiary/aromatic N) is 2. The molecule has 1 aliphatic rings. The van der Waals surface area contributed by atoms with Crippen molar-refractivity contribution in [3.63, 3.8) is 0 Å². The second kappa shape index (κ2) is 11.2. The lowest BCUT2D eigenvalue weighted by Gasteiger charge is -2.35. The molecule has 0 bridgehead atoms. The first-order valence-electron chi connectivity index (χ1n) is 10.4. The number of carbonyl (C=O) groups excluding carboxylic acids is 1. The maximum atomic E-state index is 13.3. The Balaban J connectivity index is 1.55. The molecule has 1 N–H and O–H groups in total. The molecule has 8 heteroatoms. The quantitative estimate of drug-likeness (QED) is 0.692. The molecule has 2 aromatic rings. The van der Waals surface area contributed by atoms with Gasteiger partial charge >= 0.3 is 6.09 Å². The number of amides is 1. The summed E-state index contributed by atoms with van der Waals surface area (Å²) in [6, 6.07) is 11.8. The van der Waals surface area contributed by atoms with Crippen molar-refractivity contribution in [2.24, 2.45) is 0 Å². The van der Waals surface area contributed by atoms with E-state index < -0.39 is 12.2 Å². The maximum absolute atomic E-state index is 13.3. The molecule has 1 aliphatic heterocycles. The van der Waals surface area contributed by atoms with Crippen molar-refractivity contribution < 1.29 is 28.2 Å². The first-order chi connectivity index (χ1) is 15.0. The molecular weight excluding hydrogens is 406 g/mol. The predicted octanol–water partition coefficient (Wildman–Crippen LogP) is 3.21. The predicted molar refractivity (Wildman–Crippen MR) is 112 cm³/mol. The third-order valence-corrected chi connectivity index (χ3v) is 5.17. The van der Waals surface area contributed by atoms with E-state index in [0.717, 1.165) is 0 Å². The summed E-state index contributed by atoms with van der Waals surface area (Å²) < 4.78 is 37.7. The van der Waals surface area contributed by atoms with Crippen LogP contribution in [0.3, 0.4) is 0 Å². The van der Waals surface area contributed by atoms with Crippen LogP contribution >= 0.6 is 0 Å². The van der Waals surface area contributed by atoms with Crippen LogP contribution in [-0.4, -0.2) is 73.0 Å². The number of aliphatic hydroxyl groups excluding tert-OH is 1. The van der Waals surface area contributed by atoms with E-state index in [1.807, 2.05) is 0 Å². The van der Waals surface area contributed by atoms with Gasteiger partial charge in [-0.25, -0.2) is 13.6 Å². The summed E-state index contributed by atoms with van der Waals surface area (Å²) in [4.78, 5) is 15.5. The molecule has 1 fully saturated rings. The number of β-amino-alcohol motifs (C(OH)–C–C–N with tert-alkyl or cyclic N) is 1. The van der Waals surface area contributed by atoms with Gasteiger partial charge in [0.15, 0.2) is 0 Å². The normalized spacial score (nSPS) is 15.8. The Morgan fingerprint density at radius 2 is 1.48 bits per heavy atom. The van der Waals surface area contributed by atoms with Crippen molar-refractivity contribution >= 4 is 6.09 Å². The largest absolute Gasteiger partial charge is 0.450 e. The fraction of sp³-hybridized carbons (Fsp3) is 0.435. The van der Waals surface area contributed by atoms with Crippen LogP contribution in [0.2, 0.25) is 0 Å². The minimum Gasteiger partial charge on any atom is -0.450 e. The summed E-state index contributed by atoms with van der Waals surface area (Å²) in [6.07, 6.45) is -1.62. The lowest BCUT2D eigenvalue weighted by atomic mass is 10.0. The highest BCUT2D eigenvalue weighted by Crippen LogP contribution is 2.27. The van der Waals surface area contributed by atoms with E-state index in [1.165, 1.54) is 24.3 Å². The molecule has 1 unspecified atom stereocenters. The summed E-state index contributed by atoms with van der Waals surface area (Å²) in [6.45, 7) is 4.92.